The summed E-state index contributed by atoms with van der Waals surface area (Å²) >= 11 is 4.98. The molecule has 0 saturated heterocycles. The average molecular weight is 340 g/mol. The molecule has 2 rings (SSSR count). The van der Waals surface area contributed by atoms with Crippen molar-refractivity contribution in [3.05, 3.63) is 40.4 Å². The maximum atomic E-state index is 5.72. The number of hydrogen-bond acceptors (Lipinski definition) is 5. The summed E-state index contributed by atoms with van der Waals surface area (Å²) in [7, 11) is 1.82. The number of anilines is 1. The molecular formula is C13H14BrN3OS. The smallest absolute Gasteiger partial charge is 0.219 e. The minimum atomic E-state index is 0.468. The highest BCUT2D eigenvalue weighted by molar-refractivity contribution is 9.10. The second-order valence-electron chi connectivity index (χ2n) is 3.71. The lowest BCUT2D eigenvalue weighted by Crippen LogP contribution is -2.02. The Balaban J connectivity index is 2.13. The first-order chi connectivity index (χ1) is 9.22. The quantitative estimate of drug-likeness (QED) is 0.666. The summed E-state index contributed by atoms with van der Waals surface area (Å²) < 4.78 is 6.75. The fourth-order valence-corrected chi connectivity index (χ4v) is 2.23. The van der Waals surface area contributed by atoms with E-state index in [2.05, 4.69) is 31.2 Å². The SMILES string of the molecule is CNc1cc(OCc2ccccc2Br)nc(SC)n1. The molecule has 0 amide bonds. The van der Waals surface area contributed by atoms with Crippen LogP contribution in [0.3, 0.4) is 0 Å². The van der Waals surface area contributed by atoms with Crippen LogP contribution in [0.15, 0.2) is 40.0 Å². The number of benzene rings is 1. The fraction of sp³-hybridized carbons (Fsp3) is 0.231. The summed E-state index contributed by atoms with van der Waals surface area (Å²) in [5.74, 6) is 1.32. The zero-order chi connectivity index (χ0) is 13.7. The van der Waals surface area contributed by atoms with E-state index in [4.69, 9.17) is 4.74 Å². The van der Waals surface area contributed by atoms with Crippen LogP contribution in [0.25, 0.3) is 0 Å². The Kier molecular flexibility index (Phi) is 5.04. The van der Waals surface area contributed by atoms with E-state index in [9.17, 15) is 0 Å². The van der Waals surface area contributed by atoms with Crippen molar-refractivity contribution in [2.45, 2.75) is 11.8 Å². The highest BCUT2D eigenvalue weighted by Gasteiger charge is 2.05. The second-order valence-corrected chi connectivity index (χ2v) is 5.34. The monoisotopic (exact) mass is 339 g/mol. The van der Waals surface area contributed by atoms with Gasteiger partial charge in [0, 0.05) is 23.2 Å². The molecular weight excluding hydrogens is 326 g/mol. The van der Waals surface area contributed by atoms with Gasteiger partial charge in [-0.1, -0.05) is 45.9 Å². The Morgan fingerprint density at radius 3 is 2.79 bits per heavy atom. The van der Waals surface area contributed by atoms with E-state index < -0.39 is 0 Å². The van der Waals surface area contributed by atoms with E-state index in [0.717, 1.165) is 15.9 Å². The number of hydrogen-bond donors (Lipinski definition) is 1. The van der Waals surface area contributed by atoms with E-state index in [1.54, 1.807) is 6.07 Å². The van der Waals surface area contributed by atoms with Gasteiger partial charge in [0.15, 0.2) is 5.16 Å². The zero-order valence-electron chi connectivity index (χ0n) is 10.7. The first kappa shape index (κ1) is 14.1. The summed E-state index contributed by atoms with van der Waals surface area (Å²) in [6, 6.07) is 9.75. The molecule has 0 aliphatic heterocycles. The predicted octanol–water partition coefficient (Wildman–Crippen LogP) is 3.58. The van der Waals surface area contributed by atoms with Crippen LogP contribution in [-0.4, -0.2) is 23.3 Å². The van der Waals surface area contributed by atoms with E-state index in [-0.39, 0.29) is 0 Å². The van der Waals surface area contributed by atoms with Gasteiger partial charge in [-0.15, -0.1) is 0 Å². The topological polar surface area (TPSA) is 47.0 Å². The first-order valence-electron chi connectivity index (χ1n) is 5.70. The lowest BCUT2D eigenvalue weighted by molar-refractivity contribution is 0.290. The van der Waals surface area contributed by atoms with Crippen molar-refractivity contribution in [3.8, 4) is 5.88 Å². The summed E-state index contributed by atoms with van der Waals surface area (Å²) in [4.78, 5) is 8.61. The summed E-state index contributed by atoms with van der Waals surface area (Å²) in [5, 5.41) is 3.69. The molecule has 100 valence electrons. The van der Waals surface area contributed by atoms with E-state index >= 15 is 0 Å². The molecule has 0 saturated carbocycles. The van der Waals surface area contributed by atoms with Crippen molar-refractivity contribution in [1.29, 1.82) is 0 Å². The Bertz CT molecular complexity index is 543. The Hall–Kier alpha value is -1.27. The molecule has 0 atom stereocenters. The van der Waals surface area contributed by atoms with Crippen LogP contribution in [0.2, 0.25) is 0 Å². The average Bonchev–Trinajstić information content (AvgIpc) is 2.46. The number of nitrogens with one attached hydrogen (secondary N) is 1. The minimum Gasteiger partial charge on any atom is -0.473 e. The minimum absolute atomic E-state index is 0.468. The molecule has 4 nitrogen and oxygen atoms in total. The highest BCUT2D eigenvalue weighted by atomic mass is 79.9. The highest BCUT2D eigenvalue weighted by Crippen LogP contribution is 2.21. The zero-order valence-corrected chi connectivity index (χ0v) is 13.1. The molecule has 1 N–H and O–H groups in total. The largest absolute Gasteiger partial charge is 0.473 e. The van der Waals surface area contributed by atoms with Gasteiger partial charge < -0.3 is 10.1 Å². The van der Waals surface area contributed by atoms with Crippen molar-refractivity contribution in [2.24, 2.45) is 0 Å². The van der Waals surface area contributed by atoms with Crippen LogP contribution in [0.1, 0.15) is 5.56 Å². The van der Waals surface area contributed by atoms with Gasteiger partial charge in [-0.2, -0.15) is 4.98 Å². The van der Waals surface area contributed by atoms with Crippen molar-refractivity contribution in [2.75, 3.05) is 18.6 Å². The van der Waals surface area contributed by atoms with Crippen molar-refractivity contribution in [1.82, 2.24) is 9.97 Å². The number of ether oxygens (including phenoxy) is 1. The third kappa shape index (κ3) is 3.84. The predicted molar refractivity (Wildman–Crippen MR) is 81.8 cm³/mol. The second kappa shape index (κ2) is 6.77. The maximum Gasteiger partial charge on any atom is 0.219 e. The van der Waals surface area contributed by atoms with E-state index in [1.807, 2.05) is 37.6 Å². The lowest BCUT2D eigenvalue weighted by Gasteiger charge is -2.09. The molecule has 1 aromatic carbocycles. The first-order valence-corrected chi connectivity index (χ1v) is 7.71. The van der Waals surface area contributed by atoms with Crippen LogP contribution in [0.4, 0.5) is 5.82 Å². The van der Waals surface area contributed by atoms with E-state index in [0.29, 0.717) is 17.6 Å². The number of rotatable bonds is 5. The third-order valence-corrected chi connectivity index (χ3v) is 3.78. The third-order valence-electron chi connectivity index (χ3n) is 2.45. The molecule has 0 aliphatic rings. The number of thioether (sulfide) groups is 1. The Morgan fingerprint density at radius 2 is 2.11 bits per heavy atom. The van der Waals surface area contributed by atoms with Crippen molar-refractivity contribution in [3.63, 3.8) is 0 Å². The standard InChI is InChI=1S/C13H14BrN3OS/c1-15-11-7-12(17-13(16-11)19-2)18-8-9-5-3-4-6-10(9)14/h3-7H,8H2,1-2H3,(H,15,16,17). The molecule has 0 bridgehead atoms. The summed E-state index contributed by atoms with van der Waals surface area (Å²) in [5.41, 5.74) is 1.08. The fourth-order valence-electron chi connectivity index (χ4n) is 1.46. The molecule has 0 aliphatic carbocycles. The number of halogens is 1. The lowest BCUT2D eigenvalue weighted by atomic mass is 10.2. The molecule has 0 spiro atoms. The Labute approximate surface area is 125 Å². The van der Waals surface area contributed by atoms with Gasteiger partial charge in [-0.05, 0) is 12.3 Å². The molecule has 19 heavy (non-hydrogen) atoms. The van der Waals surface area contributed by atoms with Crippen LogP contribution < -0.4 is 10.1 Å². The van der Waals surface area contributed by atoms with Gasteiger partial charge in [0.25, 0.3) is 0 Å². The molecule has 6 heteroatoms. The molecule has 1 aromatic heterocycles. The van der Waals surface area contributed by atoms with Gasteiger partial charge in [-0.3, -0.25) is 0 Å². The maximum absolute atomic E-state index is 5.72. The number of aromatic nitrogens is 2. The van der Waals surface area contributed by atoms with Gasteiger partial charge >= 0.3 is 0 Å². The van der Waals surface area contributed by atoms with E-state index in [1.165, 1.54) is 11.8 Å². The Morgan fingerprint density at radius 1 is 1.32 bits per heavy atom. The molecule has 0 unspecified atom stereocenters. The van der Waals surface area contributed by atoms with Crippen LogP contribution in [0.5, 0.6) is 5.88 Å². The van der Waals surface area contributed by atoms with Gasteiger partial charge in [-0.25, -0.2) is 4.98 Å². The molecule has 0 fully saturated rings. The van der Waals surface area contributed by atoms with Crippen molar-refractivity contribution >= 4 is 33.5 Å². The normalized spacial score (nSPS) is 10.3. The van der Waals surface area contributed by atoms with Crippen LogP contribution in [-0.2, 0) is 6.61 Å². The van der Waals surface area contributed by atoms with Gasteiger partial charge in [0.1, 0.15) is 12.4 Å². The number of nitrogens with zero attached hydrogens (tertiary/aromatic N) is 2. The van der Waals surface area contributed by atoms with Gasteiger partial charge in [0.05, 0.1) is 0 Å². The summed E-state index contributed by atoms with van der Waals surface area (Å²) in [6.45, 7) is 0.468. The van der Waals surface area contributed by atoms with Crippen LogP contribution >= 0.6 is 27.7 Å². The molecule has 1 heterocycles. The van der Waals surface area contributed by atoms with Gasteiger partial charge in [0.2, 0.25) is 5.88 Å². The summed E-state index contributed by atoms with van der Waals surface area (Å²) in [6.07, 6.45) is 1.94. The molecule has 0 radical (unpaired) electrons. The molecule has 2 aromatic rings. The van der Waals surface area contributed by atoms with Crippen LogP contribution in [0, 0.1) is 0 Å². The van der Waals surface area contributed by atoms with Crippen molar-refractivity contribution < 1.29 is 4.74 Å².